The molecule has 0 saturated carbocycles. The van der Waals surface area contributed by atoms with E-state index in [0.29, 0.717) is 5.56 Å². The van der Waals surface area contributed by atoms with Crippen LogP contribution >= 0.6 is 0 Å². The number of aryl methyl sites for hydroxylation is 1. The second kappa shape index (κ2) is 4.78. The Hall–Kier alpha value is -2.16. The first-order chi connectivity index (χ1) is 8.26. The highest BCUT2D eigenvalue weighted by Gasteiger charge is 2.07. The number of hydrogen-bond acceptors (Lipinski definition) is 3. The lowest BCUT2D eigenvalue weighted by Crippen LogP contribution is -1.94. The van der Waals surface area contributed by atoms with E-state index in [9.17, 15) is 4.79 Å². The van der Waals surface area contributed by atoms with E-state index in [-0.39, 0.29) is 0 Å². The number of carbonyl (C=O) groups excluding carboxylic acids is 1. The monoisotopic (exact) mass is 227 g/mol. The van der Waals surface area contributed by atoms with E-state index in [4.69, 9.17) is 4.74 Å². The first kappa shape index (κ1) is 11.3. The molecule has 1 aromatic carbocycles. The summed E-state index contributed by atoms with van der Waals surface area (Å²) in [5, 5.41) is 0. The van der Waals surface area contributed by atoms with Gasteiger partial charge in [-0.1, -0.05) is 12.1 Å². The van der Waals surface area contributed by atoms with E-state index < -0.39 is 0 Å². The number of ether oxygens (including phenoxy) is 1. The Morgan fingerprint density at radius 1 is 1.18 bits per heavy atom. The molecule has 0 N–H and O–H groups in total. The summed E-state index contributed by atoms with van der Waals surface area (Å²) in [5.41, 5.74) is 3.08. The van der Waals surface area contributed by atoms with Gasteiger partial charge in [0.1, 0.15) is 5.75 Å². The van der Waals surface area contributed by atoms with Gasteiger partial charge in [-0.25, -0.2) is 0 Å². The topological polar surface area (TPSA) is 39.2 Å². The summed E-state index contributed by atoms with van der Waals surface area (Å²) < 4.78 is 5.29. The number of pyridine rings is 1. The molecular formula is C14H13NO2. The highest BCUT2D eigenvalue weighted by molar-refractivity contribution is 5.78. The third-order valence-electron chi connectivity index (χ3n) is 2.64. The van der Waals surface area contributed by atoms with Crippen molar-refractivity contribution in [2.75, 3.05) is 7.11 Å². The van der Waals surface area contributed by atoms with Gasteiger partial charge in [-0.15, -0.1) is 0 Å². The highest BCUT2D eigenvalue weighted by atomic mass is 16.5. The van der Waals surface area contributed by atoms with Crippen molar-refractivity contribution in [1.29, 1.82) is 0 Å². The van der Waals surface area contributed by atoms with Gasteiger partial charge >= 0.3 is 0 Å². The van der Waals surface area contributed by atoms with E-state index in [1.165, 1.54) is 0 Å². The van der Waals surface area contributed by atoms with Crippen LogP contribution in [0.5, 0.6) is 5.75 Å². The van der Waals surface area contributed by atoms with Crippen LogP contribution in [0.2, 0.25) is 0 Å². The molecule has 0 spiro atoms. The number of methoxy groups -OCH3 is 1. The number of nitrogens with zero attached hydrogens (tertiary/aromatic N) is 1. The first-order valence-corrected chi connectivity index (χ1v) is 5.32. The lowest BCUT2D eigenvalue weighted by molar-refractivity contribution is 0.112. The Morgan fingerprint density at radius 2 is 1.94 bits per heavy atom. The van der Waals surface area contributed by atoms with Crippen molar-refractivity contribution in [1.82, 2.24) is 4.98 Å². The SMILES string of the molecule is COc1ccccc1-c1ccc(C=O)c(C)n1. The van der Waals surface area contributed by atoms with Crippen molar-refractivity contribution < 1.29 is 9.53 Å². The zero-order chi connectivity index (χ0) is 12.3. The Kier molecular flexibility index (Phi) is 3.19. The van der Waals surface area contributed by atoms with Gasteiger partial charge in [0.2, 0.25) is 0 Å². The molecular weight excluding hydrogens is 214 g/mol. The van der Waals surface area contributed by atoms with Crippen molar-refractivity contribution >= 4 is 6.29 Å². The summed E-state index contributed by atoms with van der Waals surface area (Å²) in [6.45, 7) is 1.82. The molecule has 0 radical (unpaired) electrons. The standard InChI is InChI=1S/C14H13NO2/c1-10-11(9-16)7-8-13(15-10)12-5-3-4-6-14(12)17-2/h3-9H,1-2H3. The van der Waals surface area contributed by atoms with Gasteiger partial charge in [-0.3, -0.25) is 9.78 Å². The average molecular weight is 227 g/mol. The van der Waals surface area contributed by atoms with Gasteiger partial charge in [0.25, 0.3) is 0 Å². The predicted octanol–water partition coefficient (Wildman–Crippen LogP) is 2.88. The number of aldehydes is 1. The summed E-state index contributed by atoms with van der Waals surface area (Å²) in [6, 6.07) is 11.3. The van der Waals surface area contributed by atoms with Gasteiger partial charge in [-0.05, 0) is 31.2 Å². The van der Waals surface area contributed by atoms with Gasteiger partial charge < -0.3 is 4.74 Å². The maximum atomic E-state index is 10.7. The zero-order valence-corrected chi connectivity index (χ0v) is 9.81. The number of carbonyl (C=O) groups is 1. The molecule has 0 fully saturated rings. The molecule has 0 saturated heterocycles. The van der Waals surface area contributed by atoms with Crippen LogP contribution in [-0.2, 0) is 0 Å². The van der Waals surface area contributed by atoms with Crippen LogP contribution in [0.1, 0.15) is 16.1 Å². The molecule has 3 nitrogen and oxygen atoms in total. The smallest absolute Gasteiger partial charge is 0.151 e. The maximum Gasteiger partial charge on any atom is 0.151 e. The third-order valence-corrected chi connectivity index (χ3v) is 2.64. The highest BCUT2D eigenvalue weighted by Crippen LogP contribution is 2.28. The first-order valence-electron chi connectivity index (χ1n) is 5.32. The Morgan fingerprint density at radius 3 is 2.59 bits per heavy atom. The van der Waals surface area contributed by atoms with Crippen molar-refractivity contribution in [3.05, 3.63) is 47.7 Å². The van der Waals surface area contributed by atoms with Gasteiger partial charge in [0, 0.05) is 16.8 Å². The van der Waals surface area contributed by atoms with Crippen LogP contribution in [0, 0.1) is 6.92 Å². The summed E-state index contributed by atoms with van der Waals surface area (Å²) in [7, 11) is 1.63. The van der Waals surface area contributed by atoms with E-state index in [1.807, 2.05) is 37.3 Å². The average Bonchev–Trinajstić information content (AvgIpc) is 2.38. The van der Waals surface area contributed by atoms with Crippen LogP contribution in [0.4, 0.5) is 0 Å². The molecule has 0 aliphatic rings. The van der Waals surface area contributed by atoms with Crippen LogP contribution in [-0.4, -0.2) is 18.4 Å². The minimum atomic E-state index is 0.614. The van der Waals surface area contributed by atoms with E-state index in [2.05, 4.69) is 4.98 Å². The third kappa shape index (κ3) is 2.18. The molecule has 1 heterocycles. The second-order valence-corrected chi connectivity index (χ2v) is 3.69. The fourth-order valence-electron chi connectivity index (χ4n) is 1.70. The molecule has 3 heteroatoms. The van der Waals surface area contributed by atoms with Crippen molar-refractivity contribution in [3.63, 3.8) is 0 Å². The van der Waals surface area contributed by atoms with E-state index >= 15 is 0 Å². The van der Waals surface area contributed by atoms with Crippen molar-refractivity contribution in [2.45, 2.75) is 6.92 Å². The fourth-order valence-corrected chi connectivity index (χ4v) is 1.70. The molecule has 0 unspecified atom stereocenters. The molecule has 17 heavy (non-hydrogen) atoms. The van der Waals surface area contributed by atoms with Crippen molar-refractivity contribution in [2.24, 2.45) is 0 Å². The van der Waals surface area contributed by atoms with Crippen LogP contribution in [0.25, 0.3) is 11.3 Å². The lowest BCUT2D eigenvalue weighted by Gasteiger charge is -2.08. The molecule has 0 atom stereocenters. The fraction of sp³-hybridized carbons (Fsp3) is 0.143. The summed E-state index contributed by atoms with van der Waals surface area (Å²) in [5.74, 6) is 0.776. The molecule has 86 valence electrons. The lowest BCUT2D eigenvalue weighted by atomic mass is 10.1. The Labute approximate surface area is 100 Å². The number of aromatic nitrogens is 1. The predicted molar refractivity (Wildman–Crippen MR) is 66.3 cm³/mol. The van der Waals surface area contributed by atoms with Crippen LogP contribution in [0.3, 0.4) is 0 Å². The number of rotatable bonds is 3. The van der Waals surface area contributed by atoms with E-state index in [0.717, 1.165) is 29.0 Å². The van der Waals surface area contributed by atoms with Gasteiger partial charge in [-0.2, -0.15) is 0 Å². The number of hydrogen-bond donors (Lipinski definition) is 0. The van der Waals surface area contributed by atoms with E-state index in [1.54, 1.807) is 13.2 Å². The number of para-hydroxylation sites is 1. The molecule has 0 amide bonds. The molecule has 1 aromatic heterocycles. The minimum absolute atomic E-state index is 0.614. The second-order valence-electron chi connectivity index (χ2n) is 3.69. The summed E-state index contributed by atoms with van der Waals surface area (Å²) >= 11 is 0. The summed E-state index contributed by atoms with van der Waals surface area (Å²) in [6.07, 6.45) is 0.814. The zero-order valence-electron chi connectivity index (χ0n) is 9.81. The van der Waals surface area contributed by atoms with Crippen molar-refractivity contribution in [3.8, 4) is 17.0 Å². The Balaban J connectivity index is 2.53. The Bertz CT molecular complexity index is 550. The molecule has 0 aliphatic carbocycles. The minimum Gasteiger partial charge on any atom is -0.496 e. The molecule has 2 aromatic rings. The molecule has 2 rings (SSSR count). The summed E-state index contributed by atoms with van der Waals surface area (Å²) in [4.78, 5) is 15.1. The maximum absolute atomic E-state index is 10.7. The van der Waals surface area contributed by atoms with Gasteiger partial charge in [0.05, 0.1) is 12.8 Å². The molecule has 0 bridgehead atoms. The largest absolute Gasteiger partial charge is 0.496 e. The number of benzene rings is 1. The quantitative estimate of drug-likeness (QED) is 0.757. The normalized spacial score (nSPS) is 10.0. The van der Waals surface area contributed by atoms with Gasteiger partial charge in [0.15, 0.2) is 6.29 Å². The van der Waals surface area contributed by atoms with Crippen LogP contribution < -0.4 is 4.74 Å². The molecule has 0 aliphatic heterocycles. The van der Waals surface area contributed by atoms with Crippen LogP contribution in [0.15, 0.2) is 36.4 Å².